The molecule has 10 heteroatoms. The van der Waals surface area contributed by atoms with Crippen LogP contribution < -0.4 is 15.0 Å². The van der Waals surface area contributed by atoms with Crippen molar-refractivity contribution in [3.05, 3.63) is 65.4 Å². The molecule has 1 saturated heterocycles. The lowest BCUT2D eigenvalue weighted by molar-refractivity contribution is -0.274. The maximum Gasteiger partial charge on any atom is 0.573 e. The number of aromatic carboxylic acids is 1. The van der Waals surface area contributed by atoms with E-state index >= 15 is 0 Å². The van der Waals surface area contributed by atoms with Gasteiger partial charge in [0.2, 0.25) is 0 Å². The number of thiocarbonyl (C=S) groups is 1. The molecule has 28 heavy (non-hydrogen) atoms. The van der Waals surface area contributed by atoms with Crippen LogP contribution in [0.3, 0.4) is 0 Å². The Hall–Kier alpha value is -3.40. The van der Waals surface area contributed by atoms with Crippen LogP contribution in [-0.2, 0) is 4.79 Å². The van der Waals surface area contributed by atoms with E-state index in [1.165, 1.54) is 42.5 Å². The highest BCUT2D eigenvalue weighted by atomic mass is 32.1. The number of rotatable bonds is 4. The molecule has 3 rings (SSSR count). The average molecular weight is 408 g/mol. The quantitative estimate of drug-likeness (QED) is 0.595. The molecule has 0 unspecified atom stereocenters. The molecule has 0 atom stereocenters. The summed E-state index contributed by atoms with van der Waals surface area (Å²) in [4.78, 5) is 24.6. The predicted octanol–water partition coefficient (Wildman–Crippen LogP) is 3.55. The molecule has 0 saturated carbocycles. The van der Waals surface area contributed by atoms with Crippen LogP contribution in [-0.4, -0.2) is 28.5 Å². The Morgan fingerprint density at radius 3 is 2.25 bits per heavy atom. The monoisotopic (exact) mass is 408 g/mol. The minimum atomic E-state index is -4.81. The summed E-state index contributed by atoms with van der Waals surface area (Å²) in [5.41, 5.74) is 1.08. The van der Waals surface area contributed by atoms with E-state index < -0.39 is 24.0 Å². The molecular formula is C18H11F3N2O4S. The Bertz CT molecular complexity index is 970. The molecule has 1 heterocycles. The van der Waals surface area contributed by atoms with Crippen LogP contribution in [0.1, 0.15) is 15.9 Å². The summed E-state index contributed by atoms with van der Waals surface area (Å²) in [7, 11) is 0. The van der Waals surface area contributed by atoms with Gasteiger partial charge in [-0.25, -0.2) is 4.79 Å². The third-order valence-electron chi connectivity index (χ3n) is 3.68. The third-order valence-corrected chi connectivity index (χ3v) is 3.96. The third kappa shape index (κ3) is 4.29. The molecule has 0 spiro atoms. The number of carbonyl (C=O) groups excluding carboxylic acids is 1. The van der Waals surface area contributed by atoms with E-state index in [0.29, 0.717) is 5.56 Å². The second-order valence-electron chi connectivity index (χ2n) is 5.60. The standard InChI is InChI=1S/C18H11F3N2O4S/c19-18(20,21)27-13-7-5-12(6-8-13)23-15(24)14(22-17(23)28)9-10-1-3-11(4-2-10)16(25)26/h1-9H,(H,22,28)(H,25,26)/b14-9-. The van der Waals surface area contributed by atoms with Crippen molar-refractivity contribution in [2.45, 2.75) is 6.36 Å². The molecule has 144 valence electrons. The van der Waals surface area contributed by atoms with Gasteiger partial charge in [-0.2, -0.15) is 0 Å². The molecule has 0 aliphatic carbocycles. The van der Waals surface area contributed by atoms with Gasteiger partial charge in [0.15, 0.2) is 5.11 Å². The number of alkyl halides is 3. The molecule has 2 N–H and O–H groups in total. The van der Waals surface area contributed by atoms with Crippen LogP contribution in [0.5, 0.6) is 5.75 Å². The van der Waals surface area contributed by atoms with Crippen LogP contribution in [0.25, 0.3) is 6.08 Å². The van der Waals surface area contributed by atoms with E-state index in [-0.39, 0.29) is 22.1 Å². The summed E-state index contributed by atoms with van der Waals surface area (Å²) in [5, 5.41) is 11.7. The smallest absolute Gasteiger partial charge is 0.478 e. The van der Waals surface area contributed by atoms with Crippen LogP contribution in [0.4, 0.5) is 18.9 Å². The molecular weight excluding hydrogens is 397 g/mol. The molecule has 0 radical (unpaired) electrons. The second kappa shape index (κ2) is 7.31. The van der Waals surface area contributed by atoms with Gasteiger partial charge in [-0.15, -0.1) is 13.2 Å². The van der Waals surface area contributed by atoms with Crippen LogP contribution in [0.2, 0.25) is 0 Å². The highest BCUT2D eigenvalue weighted by Gasteiger charge is 2.33. The van der Waals surface area contributed by atoms with Gasteiger partial charge < -0.3 is 15.2 Å². The average Bonchev–Trinajstić information content (AvgIpc) is 2.88. The molecule has 1 aliphatic rings. The van der Waals surface area contributed by atoms with Gasteiger partial charge in [-0.3, -0.25) is 9.69 Å². The number of carbonyl (C=O) groups is 2. The number of nitrogens with one attached hydrogen (secondary N) is 1. The summed E-state index contributed by atoms with van der Waals surface area (Å²) >= 11 is 5.13. The van der Waals surface area contributed by atoms with Crippen molar-refractivity contribution in [2.75, 3.05) is 4.90 Å². The highest BCUT2D eigenvalue weighted by molar-refractivity contribution is 7.80. The zero-order valence-electron chi connectivity index (χ0n) is 13.9. The molecule has 2 aromatic rings. The lowest BCUT2D eigenvalue weighted by Crippen LogP contribution is -2.30. The van der Waals surface area contributed by atoms with E-state index in [1.54, 1.807) is 0 Å². The van der Waals surface area contributed by atoms with Gasteiger partial charge >= 0.3 is 12.3 Å². The topological polar surface area (TPSA) is 78.9 Å². The SMILES string of the molecule is O=C(O)c1ccc(/C=C2\NC(=S)N(c3ccc(OC(F)(F)F)cc3)C2=O)cc1. The van der Waals surface area contributed by atoms with E-state index in [4.69, 9.17) is 17.3 Å². The number of halogens is 3. The Kier molecular flexibility index (Phi) is 5.06. The largest absolute Gasteiger partial charge is 0.573 e. The number of amides is 1. The van der Waals surface area contributed by atoms with Crippen LogP contribution in [0.15, 0.2) is 54.2 Å². The molecule has 1 aliphatic heterocycles. The first-order chi connectivity index (χ1) is 13.1. The van der Waals surface area contributed by atoms with Gasteiger partial charge in [-0.05, 0) is 60.3 Å². The lowest BCUT2D eigenvalue weighted by Gasteiger charge is -2.15. The van der Waals surface area contributed by atoms with E-state index in [1.807, 2.05) is 0 Å². The molecule has 2 aromatic carbocycles. The number of benzene rings is 2. The van der Waals surface area contributed by atoms with Gasteiger partial charge in [0.05, 0.1) is 11.3 Å². The minimum Gasteiger partial charge on any atom is -0.478 e. The molecule has 1 fully saturated rings. The fourth-order valence-corrected chi connectivity index (χ4v) is 2.75. The van der Waals surface area contributed by atoms with E-state index in [0.717, 1.165) is 17.0 Å². The Balaban J connectivity index is 1.80. The van der Waals surface area contributed by atoms with Gasteiger partial charge in [-0.1, -0.05) is 12.1 Å². The number of hydrogen-bond donors (Lipinski definition) is 2. The van der Waals surface area contributed by atoms with Crippen LogP contribution >= 0.6 is 12.2 Å². The molecule has 0 aromatic heterocycles. The second-order valence-corrected chi connectivity index (χ2v) is 5.98. The number of ether oxygens (including phenoxy) is 1. The number of carboxylic acid groups (broad SMARTS) is 1. The zero-order chi connectivity index (χ0) is 20.5. The lowest BCUT2D eigenvalue weighted by atomic mass is 10.1. The van der Waals surface area contributed by atoms with Crippen molar-refractivity contribution >= 4 is 41.0 Å². The summed E-state index contributed by atoms with van der Waals surface area (Å²) in [5.74, 6) is -1.99. The Morgan fingerprint density at radius 1 is 1.11 bits per heavy atom. The summed E-state index contributed by atoms with van der Waals surface area (Å²) in [6, 6.07) is 10.5. The Labute approximate surface area is 161 Å². The first kappa shape index (κ1) is 19.4. The first-order valence-corrected chi connectivity index (χ1v) is 8.11. The van der Waals surface area contributed by atoms with Gasteiger partial charge in [0.1, 0.15) is 11.4 Å². The fraction of sp³-hybridized carbons (Fsp3) is 0.0556. The van der Waals surface area contributed by atoms with Crippen molar-refractivity contribution in [1.82, 2.24) is 5.32 Å². The number of nitrogens with zero attached hydrogens (tertiary/aromatic N) is 1. The van der Waals surface area contributed by atoms with Crippen molar-refractivity contribution in [1.29, 1.82) is 0 Å². The maximum atomic E-state index is 12.6. The van der Waals surface area contributed by atoms with Crippen LogP contribution in [0, 0.1) is 0 Å². The number of hydrogen-bond acceptors (Lipinski definition) is 4. The van der Waals surface area contributed by atoms with Crippen molar-refractivity contribution in [3.8, 4) is 5.75 Å². The molecule has 6 nitrogen and oxygen atoms in total. The van der Waals surface area contributed by atoms with E-state index in [2.05, 4.69) is 10.1 Å². The fourth-order valence-electron chi connectivity index (χ4n) is 2.46. The zero-order valence-corrected chi connectivity index (χ0v) is 14.7. The van der Waals surface area contributed by atoms with Crippen molar-refractivity contribution in [3.63, 3.8) is 0 Å². The predicted molar refractivity (Wildman–Crippen MR) is 97.7 cm³/mol. The number of anilines is 1. The molecule has 0 bridgehead atoms. The van der Waals surface area contributed by atoms with Gasteiger partial charge in [0.25, 0.3) is 5.91 Å². The first-order valence-electron chi connectivity index (χ1n) is 7.70. The van der Waals surface area contributed by atoms with Crippen molar-refractivity contribution < 1.29 is 32.6 Å². The van der Waals surface area contributed by atoms with E-state index in [9.17, 15) is 22.8 Å². The Morgan fingerprint density at radius 2 is 1.71 bits per heavy atom. The molecule has 1 amide bonds. The summed E-state index contributed by atoms with van der Waals surface area (Å²) in [6.45, 7) is 0. The maximum absolute atomic E-state index is 12.6. The minimum absolute atomic E-state index is 0.0582. The number of carboxylic acids is 1. The highest BCUT2D eigenvalue weighted by Crippen LogP contribution is 2.27. The summed E-state index contributed by atoms with van der Waals surface area (Å²) < 4.78 is 40.5. The normalized spacial score (nSPS) is 15.7. The van der Waals surface area contributed by atoms with Crippen molar-refractivity contribution in [2.24, 2.45) is 0 Å². The van der Waals surface area contributed by atoms with Gasteiger partial charge in [0, 0.05) is 0 Å². The summed E-state index contributed by atoms with van der Waals surface area (Å²) in [6.07, 6.45) is -3.32.